The molecule has 2 aromatic heterocycles. The molecule has 0 unspecified atom stereocenters. The smallest absolute Gasteiger partial charge is 0.178 e. The first kappa shape index (κ1) is 26.8. The highest BCUT2D eigenvalue weighted by Crippen LogP contribution is 2.46. The molecule has 10 rings (SSSR count). The molecule has 0 aliphatic rings. The van der Waals surface area contributed by atoms with Crippen LogP contribution >= 0.6 is 0 Å². The van der Waals surface area contributed by atoms with E-state index in [1.165, 1.54) is 49.4 Å². The lowest BCUT2D eigenvalue weighted by atomic mass is 9.85. The summed E-state index contributed by atoms with van der Waals surface area (Å²) in [4.78, 5) is 0. The van der Waals surface area contributed by atoms with E-state index >= 15 is 0 Å². The molecule has 0 aliphatic heterocycles. The van der Waals surface area contributed by atoms with Gasteiger partial charge in [0.15, 0.2) is 11.2 Å². The maximum Gasteiger partial charge on any atom is 0.178 e. The molecule has 0 radical (unpaired) electrons. The first-order chi connectivity index (χ1) is 23.8. The van der Waals surface area contributed by atoms with Gasteiger partial charge in [-0.3, -0.25) is 0 Å². The van der Waals surface area contributed by atoms with Crippen LogP contribution in [0, 0.1) is 0 Å². The predicted molar refractivity (Wildman–Crippen MR) is 200 cm³/mol. The van der Waals surface area contributed by atoms with Crippen molar-refractivity contribution in [3.05, 3.63) is 170 Å². The van der Waals surface area contributed by atoms with Crippen LogP contribution in [0.25, 0.3) is 99.0 Å². The Morgan fingerprint density at radius 2 is 0.812 bits per heavy atom. The van der Waals surface area contributed by atoms with Crippen molar-refractivity contribution < 1.29 is 8.83 Å². The molecule has 0 atom stereocenters. The average molecular weight is 613 g/mol. The third kappa shape index (κ3) is 4.06. The first-order valence-electron chi connectivity index (χ1n) is 16.3. The second kappa shape index (κ2) is 10.6. The highest BCUT2D eigenvalue weighted by Gasteiger charge is 2.20. The minimum atomic E-state index is 0.780. The molecular weight excluding hydrogens is 585 g/mol. The molecule has 48 heavy (non-hydrogen) atoms. The van der Waals surface area contributed by atoms with Crippen molar-refractivity contribution in [3.8, 4) is 44.5 Å². The molecule has 2 heterocycles. The van der Waals surface area contributed by atoms with Gasteiger partial charge in [0.05, 0.1) is 6.26 Å². The fraction of sp³-hybridized carbons (Fsp3) is 0. The van der Waals surface area contributed by atoms with Gasteiger partial charge in [0.25, 0.3) is 0 Å². The lowest BCUT2D eigenvalue weighted by molar-refractivity contribution is 0.600. The van der Waals surface area contributed by atoms with Crippen molar-refractivity contribution in [1.29, 1.82) is 0 Å². The summed E-state index contributed by atoms with van der Waals surface area (Å²) in [6, 6.07) is 58.5. The summed E-state index contributed by atoms with van der Waals surface area (Å²) in [5.74, 6) is 0. The molecule has 224 valence electrons. The third-order valence-electron chi connectivity index (χ3n) is 9.76. The number of furan rings is 2. The van der Waals surface area contributed by atoms with Gasteiger partial charge in [-0.05, 0) is 84.8 Å². The van der Waals surface area contributed by atoms with Gasteiger partial charge in [-0.2, -0.15) is 0 Å². The van der Waals surface area contributed by atoms with Gasteiger partial charge in [-0.25, -0.2) is 0 Å². The fourth-order valence-corrected chi connectivity index (χ4v) is 7.53. The van der Waals surface area contributed by atoms with E-state index in [4.69, 9.17) is 8.83 Å². The lowest BCUT2D eigenvalue weighted by Crippen LogP contribution is -1.91. The van der Waals surface area contributed by atoms with Crippen molar-refractivity contribution in [1.82, 2.24) is 0 Å². The SMILES string of the molecule is c1ccc(-c2ccc(-c3c4ccccc4c(-c4ccc5oc6c(ccc7c(-c8ccccc8)coc76)c5c4)c4ccccc34)cc2)cc1. The van der Waals surface area contributed by atoms with Crippen molar-refractivity contribution >= 4 is 54.5 Å². The summed E-state index contributed by atoms with van der Waals surface area (Å²) in [5, 5.41) is 8.12. The Kier molecular flexibility index (Phi) is 5.91. The van der Waals surface area contributed by atoms with Crippen LogP contribution in [0.3, 0.4) is 0 Å². The normalized spacial score (nSPS) is 11.8. The average Bonchev–Trinajstić information content (AvgIpc) is 3.76. The van der Waals surface area contributed by atoms with Crippen LogP contribution in [0.1, 0.15) is 0 Å². The Balaban J connectivity index is 1.17. The maximum absolute atomic E-state index is 6.51. The Bertz CT molecular complexity index is 2750. The maximum atomic E-state index is 6.51. The molecular formula is C46H28O2. The van der Waals surface area contributed by atoms with Crippen LogP contribution in [-0.4, -0.2) is 0 Å². The molecule has 0 N–H and O–H groups in total. The zero-order valence-corrected chi connectivity index (χ0v) is 26.0. The van der Waals surface area contributed by atoms with Gasteiger partial charge in [-0.1, -0.05) is 140 Å². The van der Waals surface area contributed by atoms with Crippen molar-refractivity contribution in [2.75, 3.05) is 0 Å². The number of hydrogen-bond donors (Lipinski definition) is 0. The van der Waals surface area contributed by atoms with E-state index in [9.17, 15) is 0 Å². The number of fused-ring (bicyclic) bond motifs is 7. The minimum Gasteiger partial charge on any atom is -0.460 e. The second-order valence-corrected chi connectivity index (χ2v) is 12.4. The van der Waals surface area contributed by atoms with Crippen LogP contribution in [0.4, 0.5) is 0 Å². The Labute approximate surface area is 277 Å². The van der Waals surface area contributed by atoms with Crippen LogP contribution in [-0.2, 0) is 0 Å². The molecule has 0 aliphatic carbocycles. The standard InChI is InChI=1S/C46H28O2/c1-3-11-29(12-4-1)30-19-21-32(22-20-30)43-34-15-7-9-17-36(34)44(37-18-10-8-16-35(37)43)33-23-26-42-40(27-33)38-24-25-39-41(31-13-5-2-6-14-31)28-47-45(39)46(38)48-42/h1-28H. The monoisotopic (exact) mass is 612 g/mol. The molecule has 8 aromatic carbocycles. The van der Waals surface area contributed by atoms with E-state index < -0.39 is 0 Å². The van der Waals surface area contributed by atoms with Crippen LogP contribution in [0.5, 0.6) is 0 Å². The first-order valence-corrected chi connectivity index (χ1v) is 16.3. The van der Waals surface area contributed by atoms with E-state index in [1.807, 2.05) is 12.3 Å². The topological polar surface area (TPSA) is 26.3 Å². The summed E-state index contributed by atoms with van der Waals surface area (Å²) in [6.07, 6.45) is 1.84. The largest absolute Gasteiger partial charge is 0.460 e. The molecule has 10 aromatic rings. The number of rotatable bonds is 4. The minimum absolute atomic E-state index is 0.780. The molecule has 0 saturated heterocycles. The summed E-state index contributed by atoms with van der Waals surface area (Å²) < 4.78 is 12.7. The molecule has 0 bridgehead atoms. The molecule has 0 fully saturated rings. The Morgan fingerprint density at radius 1 is 0.312 bits per heavy atom. The predicted octanol–water partition coefficient (Wildman–Crippen LogP) is 13.3. The summed E-state index contributed by atoms with van der Waals surface area (Å²) in [6.45, 7) is 0. The molecule has 2 nitrogen and oxygen atoms in total. The van der Waals surface area contributed by atoms with E-state index in [-0.39, 0.29) is 0 Å². The van der Waals surface area contributed by atoms with E-state index in [0.717, 1.165) is 49.6 Å². The summed E-state index contributed by atoms with van der Waals surface area (Å²) in [5.41, 5.74) is 11.9. The van der Waals surface area contributed by atoms with Crippen molar-refractivity contribution in [2.24, 2.45) is 0 Å². The van der Waals surface area contributed by atoms with Crippen LogP contribution < -0.4 is 0 Å². The van der Waals surface area contributed by atoms with Gasteiger partial charge < -0.3 is 8.83 Å². The second-order valence-electron chi connectivity index (χ2n) is 12.4. The van der Waals surface area contributed by atoms with Crippen LogP contribution in [0.15, 0.2) is 179 Å². The van der Waals surface area contributed by atoms with E-state index in [2.05, 4.69) is 158 Å². The highest BCUT2D eigenvalue weighted by molar-refractivity contribution is 6.23. The van der Waals surface area contributed by atoms with Gasteiger partial charge >= 0.3 is 0 Å². The van der Waals surface area contributed by atoms with Gasteiger partial charge in [0, 0.05) is 21.7 Å². The highest BCUT2D eigenvalue weighted by atomic mass is 16.4. The number of hydrogen-bond acceptors (Lipinski definition) is 2. The Hall–Kier alpha value is -6.38. The molecule has 0 saturated carbocycles. The lowest BCUT2D eigenvalue weighted by Gasteiger charge is -2.18. The number of benzene rings is 8. The van der Waals surface area contributed by atoms with Crippen molar-refractivity contribution in [2.45, 2.75) is 0 Å². The van der Waals surface area contributed by atoms with Crippen LogP contribution in [0.2, 0.25) is 0 Å². The van der Waals surface area contributed by atoms with Gasteiger partial charge in [0.2, 0.25) is 0 Å². The molecule has 0 spiro atoms. The molecule has 2 heteroatoms. The molecule has 0 amide bonds. The zero-order chi connectivity index (χ0) is 31.6. The third-order valence-corrected chi connectivity index (χ3v) is 9.76. The quantitative estimate of drug-likeness (QED) is 0.185. The van der Waals surface area contributed by atoms with Crippen molar-refractivity contribution in [3.63, 3.8) is 0 Å². The summed E-state index contributed by atoms with van der Waals surface area (Å²) >= 11 is 0. The fourth-order valence-electron chi connectivity index (χ4n) is 7.53. The Morgan fingerprint density at radius 3 is 1.46 bits per heavy atom. The van der Waals surface area contributed by atoms with Gasteiger partial charge in [0.1, 0.15) is 5.58 Å². The van der Waals surface area contributed by atoms with E-state index in [1.54, 1.807) is 0 Å². The van der Waals surface area contributed by atoms with E-state index in [0.29, 0.717) is 0 Å². The zero-order valence-electron chi connectivity index (χ0n) is 26.0. The van der Waals surface area contributed by atoms with Gasteiger partial charge in [-0.15, -0.1) is 0 Å². The summed E-state index contributed by atoms with van der Waals surface area (Å²) in [7, 11) is 0.